The van der Waals surface area contributed by atoms with E-state index in [1.54, 1.807) is 6.92 Å². The highest BCUT2D eigenvalue weighted by molar-refractivity contribution is 7.92. The second-order valence-electron chi connectivity index (χ2n) is 3.99. The summed E-state index contributed by atoms with van der Waals surface area (Å²) < 4.78 is 26.6. The van der Waals surface area contributed by atoms with E-state index in [0.29, 0.717) is 11.3 Å². The van der Waals surface area contributed by atoms with Gasteiger partial charge in [0, 0.05) is 18.6 Å². The van der Waals surface area contributed by atoms with Crippen molar-refractivity contribution in [1.82, 2.24) is 9.97 Å². The minimum absolute atomic E-state index is 0.0796. The number of anilines is 1. The van der Waals surface area contributed by atoms with E-state index in [0.717, 1.165) is 12.3 Å². The molecular weight excluding hydrogens is 282 g/mol. The van der Waals surface area contributed by atoms with E-state index >= 15 is 0 Å². The smallest absolute Gasteiger partial charge is 0.337 e. The standard InChI is InChI=1S/C12H11N3O4S/c1-8-6-13-5-4-10(8)15-20(18,19)11-3-2-9(7-14-11)12(16)17/h2-7H,1H3,(H,13,15)(H,16,17). The Hall–Kier alpha value is -2.48. The number of aryl methyl sites for hydroxylation is 1. The molecule has 2 rings (SSSR count). The van der Waals surface area contributed by atoms with Crippen LogP contribution in [0.1, 0.15) is 15.9 Å². The number of aromatic carboxylic acids is 1. The Labute approximate surface area is 115 Å². The maximum absolute atomic E-state index is 12.1. The van der Waals surface area contributed by atoms with Crippen LogP contribution in [0.3, 0.4) is 0 Å². The van der Waals surface area contributed by atoms with Crippen molar-refractivity contribution >= 4 is 21.7 Å². The number of nitrogens with one attached hydrogen (secondary N) is 1. The van der Waals surface area contributed by atoms with Crippen LogP contribution in [0.5, 0.6) is 0 Å². The largest absolute Gasteiger partial charge is 0.478 e. The van der Waals surface area contributed by atoms with Gasteiger partial charge in [0.2, 0.25) is 0 Å². The van der Waals surface area contributed by atoms with E-state index < -0.39 is 16.0 Å². The molecule has 0 saturated carbocycles. The molecule has 0 amide bonds. The van der Waals surface area contributed by atoms with Crippen LogP contribution in [0.2, 0.25) is 0 Å². The van der Waals surface area contributed by atoms with E-state index in [2.05, 4.69) is 14.7 Å². The minimum Gasteiger partial charge on any atom is -0.478 e. The minimum atomic E-state index is -3.86. The van der Waals surface area contributed by atoms with Crippen LogP contribution < -0.4 is 4.72 Å². The summed E-state index contributed by atoms with van der Waals surface area (Å²) >= 11 is 0. The van der Waals surface area contributed by atoms with Gasteiger partial charge in [0.25, 0.3) is 10.0 Å². The number of rotatable bonds is 4. The van der Waals surface area contributed by atoms with Gasteiger partial charge < -0.3 is 5.11 Å². The molecule has 8 heteroatoms. The molecule has 0 aromatic carbocycles. The highest BCUT2D eigenvalue weighted by atomic mass is 32.2. The van der Waals surface area contributed by atoms with E-state index in [9.17, 15) is 13.2 Å². The van der Waals surface area contributed by atoms with Crippen molar-refractivity contribution < 1.29 is 18.3 Å². The molecule has 2 aromatic rings. The molecule has 0 aliphatic heterocycles. The predicted octanol–water partition coefficient (Wildman–Crippen LogP) is 1.28. The van der Waals surface area contributed by atoms with Gasteiger partial charge in [0.15, 0.2) is 5.03 Å². The van der Waals surface area contributed by atoms with Gasteiger partial charge in [0.1, 0.15) is 0 Å². The fourth-order valence-corrected chi connectivity index (χ4v) is 2.51. The van der Waals surface area contributed by atoms with Crippen LogP contribution in [0, 0.1) is 6.92 Å². The normalized spacial score (nSPS) is 11.1. The molecule has 2 heterocycles. The maximum atomic E-state index is 12.1. The van der Waals surface area contributed by atoms with Crippen molar-refractivity contribution in [2.24, 2.45) is 0 Å². The van der Waals surface area contributed by atoms with Crippen LogP contribution in [0.25, 0.3) is 0 Å². The molecule has 2 N–H and O–H groups in total. The van der Waals surface area contributed by atoms with E-state index in [1.165, 1.54) is 24.5 Å². The van der Waals surface area contributed by atoms with Gasteiger partial charge in [-0.25, -0.2) is 9.78 Å². The fourth-order valence-electron chi connectivity index (χ4n) is 1.45. The zero-order chi connectivity index (χ0) is 14.8. The fraction of sp³-hybridized carbons (Fsp3) is 0.0833. The third-order valence-electron chi connectivity index (χ3n) is 2.52. The number of hydrogen-bond acceptors (Lipinski definition) is 5. The lowest BCUT2D eigenvalue weighted by Gasteiger charge is -2.09. The Bertz CT molecular complexity index is 742. The molecule has 0 saturated heterocycles. The number of carbonyl (C=O) groups is 1. The topological polar surface area (TPSA) is 109 Å². The van der Waals surface area contributed by atoms with Crippen molar-refractivity contribution in [3.63, 3.8) is 0 Å². The second-order valence-corrected chi connectivity index (χ2v) is 5.62. The van der Waals surface area contributed by atoms with Crippen LogP contribution in [-0.2, 0) is 10.0 Å². The highest BCUT2D eigenvalue weighted by Gasteiger charge is 2.17. The van der Waals surface area contributed by atoms with Crippen molar-refractivity contribution in [3.8, 4) is 0 Å². The number of hydrogen-bond donors (Lipinski definition) is 2. The highest BCUT2D eigenvalue weighted by Crippen LogP contribution is 2.17. The Morgan fingerprint density at radius 2 is 2.00 bits per heavy atom. The lowest BCUT2D eigenvalue weighted by atomic mass is 10.3. The molecule has 20 heavy (non-hydrogen) atoms. The summed E-state index contributed by atoms with van der Waals surface area (Å²) in [6, 6.07) is 3.85. The lowest BCUT2D eigenvalue weighted by molar-refractivity contribution is 0.0696. The van der Waals surface area contributed by atoms with Gasteiger partial charge in [0.05, 0.1) is 11.3 Å². The molecule has 0 fully saturated rings. The molecule has 0 aliphatic carbocycles. The number of carboxylic acid groups (broad SMARTS) is 1. The predicted molar refractivity (Wildman–Crippen MR) is 71.0 cm³/mol. The number of sulfonamides is 1. The Kier molecular flexibility index (Phi) is 3.66. The first-order valence-electron chi connectivity index (χ1n) is 5.53. The third-order valence-corrected chi connectivity index (χ3v) is 3.80. The first kappa shape index (κ1) is 13.9. The van der Waals surface area contributed by atoms with E-state index in [1.807, 2.05) is 0 Å². The summed E-state index contributed by atoms with van der Waals surface area (Å²) in [5, 5.41) is 8.49. The van der Waals surface area contributed by atoms with Crippen molar-refractivity contribution in [2.75, 3.05) is 4.72 Å². The van der Waals surface area contributed by atoms with Gasteiger partial charge in [-0.2, -0.15) is 8.42 Å². The molecule has 0 aliphatic rings. The summed E-state index contributed by atoms with van der Waals surface area (Å²) in [5.74, 6) is -1.17. The molecule has 0 spiro atoms. The van der Waals surface area contributed by atoms with Crippen molar-refractivity contribution in [3.05, 3.63) is 47.9 Å². The van der Waals surface area contributed by atoms with E-state index in [4.69, 9.17) is 5.11 Å². The quantitative estimate of drug-likeness (QED) is 0.879. The van der Waals surface area contributed by atoms with Crippen LogP contribution in [0.4, 0.5) is 5.69 Å². The lowest BCUT2D eigenvalue weighted by Crippen LogP contribution is -2.15. The molecular formula is C12H11N3O4S. The summed E-state index contributed by atoms with van der Waals surface area (Å²) in [7, 11) is -3.86. The van der Waals surface area contributed by atoms with Crippen LogP contribution in [-0.4, -0.2) is 29.5 Å². The number of nitrogens with zero attached hydrogens (tertiary/aromatic N) is 2. The zero-order valence-corrected chi connectivity index (χ0v) is 11.3. The molecule has 2 aromatic heterocycles. The molecule has 0 unspecified atom stereocenters. The van der Waals surface area contributed by atoms with Crippen molar-refractivity contribution in [1.29, 1.82) is 0 Å². The Balaban J connectivity index is 2.31. The van der Waals surface area contributed by atoms with Crippen LogP contribution >= 0.6 is 0 Å². The summed E-state index contributed by atoms with van der Waals surface area (Å²) in [4.78, 5) is 18.2. The van der Waals surface area contributed by atoms with Gasteiger partial charge in [-0.15, -0.1) is 0 Å². The molecule has 0 radical (unpaired) electrons. The first-order valence-corrected chi connectivity index (χ1v) is 7.01. The summed E-state index contributed by atoms with van der Waals surface area (Å²) in [5.41, 5.74) is 0.978. The Morgan fingerprint density at radius 1 is 1.25 bits per heavy atom. The number of pyridine rings is 2. The number of aromatic nitrogens is 2. The first-order chi connectivity index (χ1) is 9.40. The van der Waals surface area contributed by atoms with Crippen molar-refractivity contribution in [2.45, 2.75) is 11.9 Å². The SMILES string of the molecule is Cc1cnccc1NS(=O)(=O)c1ccc(C(=O)O)cn1. The molecule has 0 bridgehead atoms. The van der Waals surface area contributed by atoms with Gasteiger partial charge in [-0.3, -0.25) is 9.71 Å². The van der Waals surface area contributed by atoms with Gasteiger partial charge >= 0.3 is 5.97 Å². The summed E-state index contributed by atoms with van der Waals surface area (Å²) in [6.45, 7) is 1.71. The average molecular weight is 293 g/mol. The maximum Gasteiger partial charge on any atom is 0.337 e. The third kappa shape index (κ3) is 2.91. The van der Waals surface area contributed by atoms with Gasteiger partial charge in [-0.05, 0) is 30.7 Å². The number of carboxylic acids is 1. The second kappa shape index (κ2) is 5.25. The molecule has 104 valence electrons. The monoisotopic (exact) mass is 293 g/mol. The molecule has 7 nitrogen and oxygen atoms in total. The Morgan fingerprint density at radius 3 is 2.55 bits per heavy atom. The average Bonchev–Trinajstić information content (AvgIpc) is 2.41. The van der Waals surface area contributed by atoms with Crippen LogP contribution in [0.15, 0.2) is 41.8 Å². The summed E-state index contributed by atoms with van der Waals surface area (Å²) in [6.07, 6.45) is 3.99. The van der Waals surface area contributed by atoms with Gasteiger partial charge in [-0.1, -0.05) is 0 Å². The molecule has 0 atom stereocenters. The van der Waals surface area contributed by atoms with E-state index in [-0.39, 0.29) is 10.6 Å². The zero-order valence-electron chi connectivity index (χ0n) is 10.4.